The molecule has 3 saturated heterocycles. The quantitative estimate of drug-likeness (QED) is 0.169. The van der Waals surface area contributed by atoms with Crippen molar-refractivity contribution in [3.8, 4) is 27.7 Å². The van der Waals surface area contributed by atoms with Crippen LogP contribution in [0.3, 0.4) is 0 Å². The molecule has 7 heterocycles. The number of hydrogen-bond donors (Lipinski definition) is 2. The lowest BCUT2D eigenvalue weighted by molar-refractivity contribution is -0.136. The number of amides is 3. The fourth-order valence-electron chi connectivity index (χ4n) is 8.16. The number of thiophene rings is 1. The van der Waals surface area contributed by atoms with Crippen LogP contribution in [0.25, 0.3) is 20.5 Å². The van der Waals surface area contributed by atoms with Gasteiger partial charge in [-0.25, -0.2) is 9.97 Å². The van der Waals surface area contributed by atoms with Crippen molar-refractivity contribution in [3.63, 3.8) is 0 Å². The molecule has 3 aromatic heterocycles. The molecule has 14 heteroatoms. The van der Waals surface area contributed by atoms with E-state index < -0.39 is 11.9 Å². The molecular formula is C41H40BrN7O5S. The molecule has 0 aliphatic carbocycles. The summed E-state index contributed by atoms with van der Waals surface area (Å²) in [6.45, 7) is 6.90. The molecule has 3 amide bonds. The second-order valence-corrected chi connectivity index (χ2v) is 16.7. The van der Waals surface area contributed by atoms with Crippen LogP contribution < -0.4 is 19.9 Å². The number of rotatable bonds is 8. The van der Waals surface area contributed by atoms with Crippen LogP contribution in [0, 0.1) is 5.92 Å². The van der Waals surface area contributed by atoms with Gasteiger partial charge in [-0.2, -0.15) is 0 Å². The van der Waals surface area contributed by atoms with Gasteiger partial charge >= 0.3 is 0 Å². The summed E-state index contributed by atoms with van der Waals surface area (Å²) in [6, 6.07) is 20.7. The van der Waals surface area contributed by atoms with Gasteiger partial charge in [0.25, 0.3) is 5.91 Å². The number of piperidine rings is 2. The first-order valence-electron chi connectivity index (χ1n) is 18.8. The average Bonchev–Trinajstić information content (AvgIpc) is 3.71. The maximum absolute atomic E-state index is 13.1. The number of aromatic hydroxyl groups is 1. The molecule has 3 fully saturated rings. The number of anilines is 2. The maximum Gasteiger partial charge on any atom is 0.256 e. The van der Waals surface area contributed by atoms with Crippen LogP contribution in [-0.2, 0) is 16.1 Å². The molecule has 4 aliphatic rings. The number of hydrogen-bond acceptors (Lipinski definition) is 11. The normalized spacial score (nSPS) is 19.6. The van der Waals surface area contributed by atoms with E-state index in [2.05, 4.69) is 48.1 Å². The van der Waals surface area contributed by atoms with E-state index in [4.69, 9.17) is 14.7 Å². The number of carbonyl (C=O) groups is 3. The molecule has 4 aliphatic heterocycles. The summed E-state index contributed by atoms with van der Waals surface area (Å²) in [5.41, 5.74) is 2.28. The molecule has 0 radical (unpaired) electrons. The number of ether oxygens (including phenoxy) is 1. The lowest BCUT2D eigenvalue weighted by Crippen LogP contribution is -2.52. The van der Waals surface area contributed by atoms with E-state index in [0.717, 1.165) is 101 Å². The molecule has 0 spiro atoms. The van der Waals surface area contributed by atoms with Gasteiger partial charge in [-0.1, -0.05) is 28.1 Å². The number of imide groups is 1. The van der Waals surface area contributed by atoms with Crippen LogP contribution in [0.15, 0.2) is 77.4 Å². The Labute approximate surface area is 330 Å². The van der Waals surface area contributed by atoms with E-state index in [-0.39, 0.29) is 30.5 Å². The summed E-state index contributed by atoms with van der Waals surface area (Å²) in [7, 11) is 0. The van der Waals surface area contributed by atoms with Crippen LogP contribution in [0.4, 0.5) is 11.6 Å². The van der Waals surface area contributed by atoms with Crippen molar-refractivity contribution in [1.82, 2.24) is 25.1 Å². The van der Waals surface area contributed by atoms with Gasteiger partial charge in [-0.15, -0.1) is 11.3 Å². The first kappa shape index (κ1) is 35.6. The third kappa shape index (κ3) is 7.26. The predicted octanol–water partition coefficient (Wildman–Crippen LogP) is 6.42. The van der Waals surface area contributed by atoms with Crippen molar-refractivity contribution < 1.29 is 24.2 Å². The van der Waals surface area contributed by atoms with Crippen LogP contribution in [0.2, 0.25) is 0 Å². The Morgan fingerprint density at radius 3 is 2.38 bits per heavy atom. The molecule has 9 rings (SSSR count). The third-order valence-corrected chi connectivity index (χ3v) is 12.9. The Hall–Kier alpha value is -5.05. The van der Waals surface area contributed by atoms with Gasteiger partial charge in [0, 0.05) is 66.8 Å². The Morgan fingerprint density at radius 1 is 0.873 bits per heavy atom. The zero-order chi connectivity index (χ0) is 37.6. The Bertz CT molecular complexity index is 2270. The number of phenolic OH excluding ortho intramolecular Hbond substituents is 1. The first-order chi connectivity index (χ1) is 26.8. The third-order valence-electron chi connectivity index (χ3n) is 11.2. The second kappa shape index (κ2) is 14.9. The van der Waals surface area contributed by atoms with Gasteiger partial charge < -0.3 is 24.5 Å². The summed E-state index contributed by atoms with van der Waals surface area (Å²) in [5.74, 6) is 3.21. The van der Waals surface area contributed by atoms with Gasteiger partial charge in [0.1, 0.15) is 29.2 Å². The fourth-order valence-corrected chi connectivity index (χ4v) is 9.59. The van der Waals surface area contributed by atoms with Crippen molar-refractivity contribution in [2.24, 2.45) is 5.92 Å². The fraction of sp³-hybridized carbons (Fsp3) is 0.341. The zero-order valence-electron chi connectivity index (χ0n) is 30.1. The monoisotopic (exact) mass is 821 g/mol. The van der Waals surface area contributed by atoms with E-state index in [1.807, 2.05) is 42.5 Å². The SMILES string of the molecule is O=C1CCC(N2Cc3nc(N4CCN(CC5CCN(c6ccc(Oc7c(-c8ccc(Br)cc8)sc8cc(O)ccc78)cn6)CC5)CC4)ccc3C2=O)C(=O)N1. The molecule has 5 aromatic rings. The van der Waals surface area contributed by atoms with E-state index >= 15 is 0 Å². The first-order valence-corrected chi connectivity index (χ1v) is 20.4. The molecule has 0 bridgehead atoms. The van der Waals surface area contributed by atoms with Crippen molar-refractivity contribution in [1.29, 1.82) is 0 Å². The largest absolute Gasteiger partial charge is 0.508 e. The van der Waals surface area contributed by atoms with Crippen molar-refractivity contribution >= 4 is 66.7 Å². The van der Waals surface area contributed by atoms with Crippen LogP contribution in [0.5, 0.6) is 17.2 Å². The van der Waals surface area contributed by atoms with Crippen LogP contribution in [-0.4, -0.2) is 94.5 Å². The highest BCUT2D eigenvalue weighted by molar-refractivity contribution is 9.10. The van der Waals surface area contributed by atoms with Gasteiger partial charge in [-0.3, -0.25) is 24.6 Å². The maximum atomic E-state index is 13.1. The van der Waals surface area contributed by atoms with Crippen LogP contribution in [0.1, 0.15) is 41.7 Å². The van der Waals surface area contributed by atoms with E-state index in [9.17, 15) is 19.5 Å². The summed E-state index contributed by atoms with van der Waals surface area (Å²) in [6.07, 6.45) is 4.59. The summed E-state index contributed by atoms with van der Waals surface area (Å²) < 4.78 is 8.48. The number of aromatic nitrogens is 2. The minimum absolute atomic E-state index is 0.196. The number of carbonyl (C=O) groups excluding carboxylic acids is 3. The predicted molar refractivity (Wildman–Crippen MR) is 215 cm³/mol. The Morgan fingerprint density at radius 2 is 1.64 bits per heavy atom. The minimum atomic E-state index is -0.636. The van der Waals surface area contributed by atoms with Gasteiger partial charge in [0.15, 0.2) is 5.75 Å². The number of halogens is 1. The molecule has 1 unspecified atom stereocenters. The highest BCUT2D eigenvalue weighted by Gasteiger charge is 2.40. The number of piperazine rings is 1. The highest BCUT2D eigenvalue weighted by Crippen LogP contribution is 2.47. The number of benzene rings is 2. The van der Waals surface area contributed by atoms with Gasteiger partial charge in [-0.05, 0) is 85.3 Å². The lowest BCUT2D eigenvalue weighted by atomic mass is 9.96. The smallest absolute Gasteiger partial charge is 0.256 e. The van der Waals surface area contributed by atoms with Crippen molar-refractivity contribution in [3.05, 3.63) is 88.7 Å². The number of nitrogens with one attached hydrogen (secondary N) is 1. The average molecular weight is 823 g/mol. The van der Waals surface area contributed by atoms with E-state index in [1.165, 1.54) is 0 Å². The standard InChI is InChI=1S/C41H40BrN7O5S/c42-27-3-1-26(2-4-27)39-38(31-7-5-28(50)21-34(31)55-39)54-29-6-10-35(43-22-29)47-15-13-25(14-16-47)23-46-17-19-48(20-18-46)36-11-8-30-32(44-36)24-49(41(30)53)33-9-12-37(51)45-40(33)52/h1-8,10-11,21-22,25,33,50H,9,12-20,23-24H2,(H,45,51,52). The molecule has 0 saturated carbocycles. The second-order valence-electron chi connectivity index (χ2n) is 14.7. The molecule has 1 atom stereocenters. The Kier molecular flexibility index (Phi) is 9.65. The molecule has 12 nitrogen and oxygen atoms in total. The molecule has 55 heavy (non-hydrogen) atoms. The molecule has 282 valence electrons. The molecule has 2 aromatic carbocycles. The number of nitrogens with zero attached hydrogens (tertiary/aromatic N) is 6. The highest BCUT2D eigenvalue weighted by atomic mass is 79.9. The van der Waals surface area contributed by atoms with E-state index in [1.54, 1.807) is 34.6 Å². The number of phenols is 1. The summed E-state index contributed by atoms with van der Waals surface area (Å²) in [4.78, 5) is 56.6. The minimum Gasteiger partial charge on any atom is -0.508 e. The van der Waals surface area contributed by atoms with Crippen molar-refractivity contribution in [2.75, 3.05) is 55.6 Å². The number of fused-ring (bicyclic) bond motifs is 2. The topological polar surface area (TPSA) is 131 Å². The molecule has 2 N–H and O–H groups in total. The number of pyridine rings is 2. The summed E-state index contributed by atoms with van der Waals surface area (Å²) in [5, 5.41) is 13.4. The molecular weight excluding hydrogens is 782 g/mol. The summed E-state index contributed by atoms with van der Waals surface area (Å²) >= 11 is 5.12. The van der Waals surface area contributed by atoms with Gasteiger partial charge in [0.05, 0.1) is 28.9 Å². The zero-order valence-corrected chi connectivity index (χ0v) is 32.5. The van der Waals surface area contributed by atoms with Crippen molar-refractivity contribution in [2.45, 2.75) is 38.3 Å². The Balaban J connectivity index is 0.769. The van der Waals surface area contributed by atoms with Gasteiger partial charge in [0.2, 0.25) is 11.8 Å². The lowest BCUT2D eigenvalue weighted by Gasteiger charge is -2.39. The van der Waals surface area contributed by atoms with E-state index in [0.29, 0.717) is 29.3 Å². The van der Waals surface area contributed by atoms with Crippen LogP contribution >= 0.6 is 27.3 Å².